The molecule has 6 heteroatoms. The van der Waals surface area contributed by atoms with Gasteiger partial charge in [-0.2, -0.15) is 0 Å². The van der Waals surface area contributed by atoms with Gasteiger partial charge in [0.2, 0.25) is 0 Å². The third-order valence-electron chi connectivity index (χ3n) is 4.76. The molecule has 5 nitrogen and oxygen atoms in total. The van der Waals surface area contributed by atoms with Crippen LogP contribution in [0.3, 0.4) is 0 Å². The fourth-order valence-corrected chi connectivity index (χ4v) is 3.22. The zero-order chi connectivity index (χ0) is 20.8. The lowest BCUT2D eigenvalue weighted by molar-refractivity contribution is 0.0735. The van der Waals surface area contributed by atoms with Crippen molar-refractivity contribution >= 4 is 35.2 Å². The van der Waals surface area contributed by atoms with E-state index < -0.39 is 5.97 Å². The van der Waals surface area contributed by atoms with Crippen molar-refractivity contribution in [3.63, 3.8) is 0 Å². The number of carbonyl (C=O) groups excluding carboxylic acids is 1. The summed E-state index contributed by atoms with van der Waals surface area (Å²) < 4.78 is 10.8. The van der Waals surface area contributed by atoms with Crippen LogP contribution >= 0.6 is 11.6 Å². The van der Waals surface area contributed by atoms with Gasteiger partial charge in [0.1, 0.15) is 5.75 Å². The molecule has 0 amide bonds. The Balaban J connectivity index is 1.35. The minimum Gasteiger partial charge on any atom is -0.423 e. The van der Waals surface area contributed by atoms with Gasteiger partial charge in [-0.1, -0.05) is 11.6 Å². The lowest BCUT2D eigenvalue weighted by atomic mass is 10.2. The van der Waals surface area contributed by atoms with E-state index in [-0.39, 0.29) is 0 Å². The molecule has 1 saturated heterocycles. The fraction of sp³-hybridized carbons (Fsp3) is 0.167. The quantitative estimate of drug-likeness (QED) is 0.325. The molecule has 1 aliphatic heterocycles. The molecule has 1 heterocycles. The highest BCUT2D eigenvalue weighted by molar-refractivity contribution is 6.30. The maximum absolute atomic E-state index is 12.2. The lowest BCUT2D eigenvalue weighted by Gasteiger charge is -2.28. The first-order valence-corrected chi connectivity index (χ1v) is 10.1. The summed E-state index contributed by atoms with van der Waals surface area (Å²) in [5.41, 5.74) is 3.43. The molecule has 0 aliphatic carbocycles. The topological polar surface area (TPSA) is 51.1 Å². The van der Waals surface area contributed by atoms with Crippen LogP contribution in [0.25, 0.3) is 0 Å². The van der Waals surface area contributed by atoms with E-state index in [0.717, 1.165) is 37.6 Å². The average molecular weight is 421 g/mol. The molecule has 30 heavy (non-hydrogen) atoms. The highest BCUT2D eigenvalue weighted by Crippen LogP contribution is 2.21. The number of rotatable bonds is 5. The van der Waals surface area contributed by atoms with Crippen molar-refractivity contribution in [1.29, 1.82) is 0 Å². The summed E-state index contributed by atoms with van der Waals surface area (Å²) in [6.07, 6.45) is 1.79. The Morgan fingerprint density at radius 1 is 0.933 bits per heavy atom. The van der Waals surface area contributed by atoms with Crippen molar-refractivity contribution < 1.29 is 14.3 Å². The molecule has 4 rings (SSSR count). The van der Waals surface area contributed by atoms with Gasteiger partial charge in [-0.05, 0) is 78.4 Å². The second kappa shape index (κ2) is 9.57. The first kappa shape index (κ1) is 20.1. The molecule has 3 aromatic rings. The second-order valence-corrected chi connectivity index (χ2v) is 7.28. The number of hydrogen-bond donors (Lipinski definition) is 0. The third kappa shape index (κ3) is 5.26. The molecule has 1 fully saturated rings. The van der Waals surface area contributed by atoms with Crippen LogP contribution in [0, 0.1) is 0 Å². The summed E-state index contributed by atoms with van der Waals surface area (Å²) >= 11 is 5.84. The number of ether oxygens (including phenoxy) is 2. The van der Waals surface area contributed by atoms with Crippen LogP contribution in [-0.2, 0) is 4.74 Å². The van der Waals surface area contributed by atoms with E-state index in [0.29, 0.717) is 16.3 Å². The summed E-state index contributed by atoms with van der Waals surface area (Å²) in [6.45, 7) is 3.37. The van der Waals surface area contributed by atoms with E-state index in [2.05, 4.69) is 22.0 Å². The van der Waals surface area contributed by atoms with Gasteiger partial charge in [-0.25, -0.2) is 4.79 Å². The SMILES string of the molecule is O=C(Oc1ccc(C=Nc2ccc(N3CCOCC3)cc2)cc1)c1ccc(Cl)cc1. The van der Waals surface area contributed by atoms with Crippen LogP contribution in [0.5, 0.6) is 5.75 Å². The van der Waals surface area contributed by atoms with Gasteiger partial charge in [0.15, 0.2) is 0 Å². The Kier molecular flexibility index (Phi) is 6.42. The minimum absolute atomic E-state index is 0.423. The maximum Gasteiger partial charge on any atom is 0.343 e. The lowest BCUT2D eigenvalue weighted by Crippen LogP contribution is -2.36. The first-order valence-electron chi connectivity index (χ1n) is 9.72. The zero-order valence-corrected chi connectivity index (χ0v) is 17.1. The van der Waals surface area contributed by atoms with Gasteiger partial charge in [0, 0.05) is 30.0 Å². The molecule has 0 spiro atoms. The van der Waals surface area contributed by atoms with Crippen molar-refractivity contribution in [3.8, 4) is 5.75 Å². The smallest absolute Gasteiger partial charge is 0.343 e. The molecule has 0 unspecified atom stereocenters. The van der Waals surface area contributed by atoms with Crippen LogP contribution < -0.4 is 9.64 Å². The predicted molar refractivity (Wildman–Crippen MR) is 120 cm³/mol. The molecule has 0 atom stereocenters. The van der Waals surface area contributed by atoms with E-state index in [9.17, 15) is 4.79 Å². The van der Waals surface area contributed by atoms with Crippen molar-refractivity contribution in [2.24, 2.45) is 4.99 Å². The Bertz CT molecular complexity index is 1010. The van der Waals surface area contributed by atoms with Crippen LogP contribution in [0.2, 0.25) is 5.02 Å². The number of morpholine rings is 1. The Morgan fingerprint density at radius 2 is 1.60 bits per heavy atom. The maximum atomic E-state index is 12.2. The summed E-state index contributed by atoms with van der Waals surface area (Å²) in [5, 5.41) is 0.575. The molecule has 1 aliphatic rings. The molecule has 152 valence electrons. The van der Waals surface area contributed by atoms with Gasteiger partial charge in [-0.15, -0.1) is 0 Å². The van der Waals surface area contributed by atoms with Gasteiger partial charge >= 0.3 is 5.97 Å². The number of benzene rings is 3. The number of carbonyl (C=O) groups is 1. The number of esters is 1. The van der Waals surface area contributed by atoms with E-state index in [4.69, 9.17) is 21.1 Å². The van der Waals surface area contributed by atoms with E-state index >= 15 is 0 Å². The molecule has 0 aromatic heterocycles. The largest absolute Gasteiger partial charge is 0.423 e. The van der Waals surface area contributed by atoms with E-state index in [1.54, 1.807) is 42.6 Å². The van der Waals surface area contributed by atoms with Gasteiger partial charge in [0.25, 0.3) is 0 Å². The van der Waals surface area contributed by atoms with E-state index in [1.807, 2.05) is 24.3 Å². The van der Waals surface area contributed by atoms with Crippen molar-refractivity contribution in [3.05, 3.63) is 88.9 Å². The summed E-state index contributed by atoms with van der Waals surface area (Å²) in [4.78, 5) is 19.0. The van der Waals surface area contributed by atoms with Gasteiger partial charge in [-0.3, -0.25) is 4.99 Å². The molecule has 0 saturated carbocycles. The van der Waals surface area contributed by atoms with E-state index in [1.165, 1.54) is 5.69 Å². The Labute approximate surface area is 180 Å². The Morgan fingerprint density at radius 3 is 2.27 bits per heavy atom. The summed E-state index contributed by atoms with van der Waals surface area (Å²) in [5.74, 6) is 0.0513. The standard InChI is InChI=1S/C24H21ClN2O3/c25-20-5-3-19(4-6-20)24(28)30-23-11-1-18(2-12-23)17-26-21-7-9-22(10-8-21)27-13-15-29-16-14-27/h1-12,17H,13-16H2. The summed E-state index contributed by atoms with van der Waals surface area (Å²) in [6, 6.07) is 22.0. The third-order valence-corrected chi connectivity index (χ3v) is 5.01. The monoisotopic (exact) mass is 420 g/mol. The zero-order valence-electron chi connectivity index (χ0n) is 16.3. The van der Waals surface area contributed by atoms with Crippen molar-refractivity contribution in [2.75, 3.05) is 31.2 Å². The second-order valence-electron chi connectivity index (χ2n) is 6.84. The molecular weight excluding hydrogens is 400 g/mol. The van der Waals surface area contributed by atoms with Crippen LogP contribution in [0.1, 0.15) is 15.9 Å². The predicted octanol–water partition coefficient (Wildman–Crippen LogP) is 5.15. The van der Waals surface area contributed by atoms with Gasteiger partial charge in [0.05, 0.1) is 24.5 Å². The Hall–Kier alpha value is -3.15. The number of nitrogens with zero attached hydrogens (tertiary/aromatic N) is 2. The normalized spacial score (nSPS) is 14.1. The molecule has 3 aromatic carbocycles. The number of anilines is 1. The molecule has 0 N–H and O–H groups in total. The molecule has 0 bridgehead atoms. The first-order chi connectivity index (χ1) is 14.7. The van der Waals surface area contributed by atoms with Crippen molar-refractivity contribution in [2.45, 2.75) is 0 Å². The van der Waals surface area contributed by atoms with Crippen LogP contribution in [0.4, 0.5) is 11.4 Å². The summed E-state index contributed by atoms with van der Waals surface area (Å²) in [7, 11) is 0. The molecular formula is C24H21ClN2O3. The number of halogens is 1. The number of hydrogen-bond acceptors (Lipinski definition) is 5. The minimum atomic E-state index is -0.423. The van der Waals surface area contributed by atoms with Crippen LogP contribution in [-0.4, -0.2) is 38.5 Å². The van der Waals surface area contributed by atoms with Crippen molar-refractivity contribution in [1.82, 2.24) is 0 Å². The highest BCUT2D eigenvalue weighted by Gasteiger charge is 2.10. The molecule has 0 radical (unpaired) electrons. The van der Waals surface area contributed by atoms with Gasteiger partial charge < -0.3 is 14.4 Å². The average Bonchev–Trinajstić information content (AvgIpc) is 2.80. The number of aliphatic imine (C=N–C) groups is 1. The fourth-order valence-electron chi connectivity index (χ4n) is 3.09. The van der Waals surface area contributed by atoms with Crippen LogP contribution in [0.15, 0.2) is 77.8 Å². The highest BCUT2D eigenvalue weighted by atomic mass is 35.5.